The number of benzene rings is 1. The minimum absolute atomic E-state index is 0.0333. The smallest absolute Gasteiger partial charge is 0.272 e. The first-order valence-corrected chi connectivity index (χ1v) is 8.89. The van der Waals surface area contributed by atoms with Crippen molar-refractivity contribution >= 4 is 5.91 Å². The van der Waals surface area contributed by atoms with Crippen LogP contribution in [-0.2, 0) is 7.05 Å². The molecule has 0 saturated carbocycles. The Hall–Kier alpha value is -3.16. The quantitative estimate of drug-likeness (QED) is 0.768. The highest BCUT2D eigenvalue weighted by atomic mass is 19.1. The zero-order valence-corrected chi connectivity index (χ0v) is 14.9. The average molecular weight is 369 g/mol. The van der Waals surface area contributed by atoms with Crippen LogP contribution in [0.25, 0.3) is 5.69 Å². The summed E-state index contributed by atoms with van der Waals surface area (Å²) in [6.45, 7) is 1.00. The molecule has 1 amide bonds. The third kappa shape index (κ3) is 3.30. The number of hydrogen-bond donors (Lipinski definition) is 1. The highest BCUT2D eigenvalue weighted by Crippen LogP contribution is 2.29. The SMILES string of the molecule is Cn1[nH]c(=O)cc1C(=O)N1CCC(c2nn(-c3ccccc3)cc2F)CC1. The number of halogens is 1. The summed E-state index contributed by atoms with van der Waals surface area (Å²) in [5.74, 6) is -0.546. The topological polar surface area (TPSA) is 75.9 Å². The largest absolute Gasteiger partial charge is 0.337 e. The number of aromatic nitrogens is 4. The number of H-pyrrole nitrogens is 1. The van der Waals surface area contributed by atoms with Crippen molar-refractivity contribution < 1.29 is 9.18 Å². The second-order valence-corrected chi connectivity index (χ2v) is 6.77. The number of piperidine rings is 1. The maximum atomic E-state index is 14.5. The van der Waals surface area contributed by atoms with Crippen LogP contribution in [0.2, 0.25) is 0 Å². The maximum Gasteiger partial charge on any atom is 0.272 e. The van der Waals surface area contributed by atoms with Gasteiger partial charge in [0.15, 0.2) is 5.82 Å². The van der Waals surface area contributed by atoms with E-state index < -0.39 is 0 Å². The van der Waals surface area contributed by atoms with E-state index in [1.54, 1.807) is 16.6 Å². The maximum absolute atomic E-state index is 14.5. The molecule has 0 unspecified atom stereocenters. The molecule has 1 aliphatic heterocycles. The summed E-state index contributed by atoms with van der Waals surface area (Å²) in [7, 11) is 1.63. The van der Waals surface area contributed by atoms with Crippen LogP contribution in [0.3, 0.4) is 0 Å². The van der Waals surface area contributed by atoms with Crippen molar-refractivity contribution in [2.24, 2.45) is 7.05 Å². The van der Waals surface area contributed by atoms with Crippen molar-refractivity contribution in [2.75, 3.05) is 13.1 Å². The minimum atomic E-state index is -0.323. The molecule has 27 heavy (non-hydrogen) atoms. The van der Waals surface area contributed by atoms with Crippen molar-refractivity contribution in [1.29, 1.82) is 0 Å². The third-order valence-electron chi connectivity index (χ3n) is 5.01. The van der Waals surface area contributed by atoms with Crippen LogP contribution in [0.15, 0.2) is 47.4 Å². The number of rotatable bonds is 3. The van der Waals surface area contributed by atoms with E-state index in [0.717, 1.165) is 5.69 Å². The Morgan fingerprint density at radius 3 is 2.56 bits per heavy atom. The Morgan fingerprint density at radius 2 is 1.93 bits per heavy atom. The highest BCUT2D eigenvalue weighted by Gasteiger charge is 2.29. The average Bonchev–Trinajstić information content (AvgIpc) is 3.24. The first-order chi connectivity index (χ1) is 13.0. The molecule has 2 aromatic heterocycles. The lowest BCUT2D eigenvalue weighted by Crippen LogP contribution is -2.39. The summed E-state index contributed by atoms with van der Waals surface area (Å²) < 4.78 is 17.4. The van der Waals surface area contributed by atoms with Gasteiger partial charge in [-0.1, -0.05) is 18.2 Å². The first kappa shape index (κ1) is 17.3. The van der Waals surface area contributed by atoms with Gasteiger partial charge in [-0.15, -0.1) is 0 Å². The highest BCUT2D eigenvalue weighted by molar-refractivity contribution is 5.92. The molecule has 4 rings (SSSR count). The molecule has 1 N–H and O–H groups in total. The van der Waals surface area contributed by atoms with Crippen molar-refractivity contribution in [2.45, 2.75) is 18.8 Å². The summed E-state index contributed by atoms with van der Waals surface area (Å²) in [6.07, 6.45) is 2.66. The molecule has 0 bridgehead atoms. The number of likely N-dealkylation sites (tertiary alicyclic amines) is 1. The third-order valence-corrected chi connectivity index (χ3v) is 5.01. The number of aryl methyl sites for hydroxylation is 1. The van der Waals surface area contributed by atoms with E-state index in [1.807, 2.05) is 30.3 Å². The molecule has 140 valence electrons. The lowest BCUT2D eigenvalue weighted by molar-refractivity contribution is 0.0700. The van der Waals surface area contributed by atoms with Crippen molar-refractivity contribution in [3.63, 3.8) is 0 Å². The predicted molar refractivity (Wildman–Crippen MR) is 97.4 cm³/mol. The monoisotopic (exact) mass is 369 g/mol. The van der Waals surface area contributed by atoms with Gasteiger partial charge in [-0.2, -0.15) is 5.10 Å². The Bertz CT molecular complexity index is 1010. The summed E-state index contributed by atoms with van der Waals surface area (Å²) >= 11 is 0. The lowest BCUT2D eigenvalue weighted by Gasteiger charge is -2.31. The zero-order chi connectivity index (χ0) is 19.0. The Balaban J connectivity index is 1.47. The van der Waals surface area contributed by atoms with E-state index in [0.29, 0.717) is 37.3 Å². The molecule has 1 saturated heterocycles. The van der Waals surface area contributed by atoms with Crippen molar-refractivity contribution in [1.82, 2.24) is 24.5 Å². The zero-order valence-electron chi connectivity index (χ0n) is 14.9. The van der Waals surface area contributed by atoms with E-state index in [-0.39, 0.29) is 23.2 Å². The summed E-state index contributed by atoms with van der Waals surface area (Å²) in [4.78, 5) is 25.7. The second-order valence-electron chi connectivity index (χ2n) is 6.77. The van der Waals surface area contributed by atoms with Crippen molar-refractivity contribution in [3.05, 3.63) is 70.2 Å². The van der Waals surface area contributed by atoms with Gasteiger partial charge in [0.1, 0.15) is 11.4 Å². The Labute approximate surface area is 155 Å². The van der Waals surface area contributed by atoms with E-state index in [1.165, 1.54) is 16.9 Å². The molecule has 3 heterocycles. The molecule has 3 aromatic rings. The van der Waals surface area contributed by atoms with Crippen LogP contribution >= 0.6 is 0 Å². The number of amides is 1. The molecule has 0 atom stereocenters. The van der Waals surface area contributed by atoms with Crippen molar-refractivity contribution in [3.8, 4) is 5.69 Å². The first-order valence-electron chi connectivity index (χ1n) is 8.89. The molecule has 0 spiro atoms. The molecule has 1 aliphatic rings. The number of hydrogen-bond acceptors (Lipinski definition) is 3. The van der Waals surface area contributed by atoms with E-state index in [2.05, 4.69) is 10.2 Å². The van der Waals surface area contributed by atoms with E-state index in [4.69, 9.17) is 0 Å². The van der Waals surface area contributed by atoms with Crippen LogP contribution in [0.5, 0.6) is 0 Å². The fourth-order valence-electron chi connectivity index (χ4n) is 3.56. The fourth-order valence-corrected chi connectivity index (χ4v) is 3.56. The number of nitrogens with zero attached hydrogens (tertiary/aromatic N) is 4. The second kappa shape index (κ2) is 6.86. The molecule has 1 aromatic carbocycles. The number of carbonyl (C=O) groups is 1. The standard InChI is InChI=1S/C19H20FN5O2/c1-23-16(11-17(26)21-23)19(27)24-9-7-13(8-10-24)18-15(20)12-25(22-18)14-5-3-2-4-6-14/h2-6,11-13H,7-10H2,1H3,(H,21,26). The predicted octanol–water partition coefficient (Wildman–Crippen LogP) is 2.06. The summed E-state index contributed by atoms with van der Waals surface area (Å²) in [6, 6.07) is 10.7. The molecular formula is C19H20FN5O2. The number of carbonyl (C=O) groups excluding carboxylic acids is 1. The van der Waals surface area contributed by atoms with Gasteiger partial charge in [-0.05, 0) is 25.0 Å². The van der Waals surface area contributed by atoms with Gasteiger partial charge in [0.05, 0.1) is 11.9 Å². The van der Waals surface area contributed by atoms with Crippen LogP contribution in [0, 0.1) is 5.82 Å². The number of aromatic amines is 1. The van der Waals surface area contributed by atoms with Gasteiger partial charge in [0.2, 0.25) is 0 Å². The van der Waals surface area contributed by atoms with E-state index in [9.17, 15) is 14.0 Å². The van der Waals surface area contributed by atoms with Gasteiger partial charge in [0, 0.05) is 32.1 Å². The van der Waals surface area contributed by atoms with Gasteiger partial charge >= 0.3 is 0 Å². The Kier molecular flexibility index (Phi) is 4.39. The lowest BCUT2D eigenvalue weighted by atomic mass is 9.93. The molecule has 0 radical (unpaired) electrons. The normalized spacial score (nSPS) is 15.3. The van der Waals surface area contributed by atoms with Gasteiger partial charge in [0.25, 0.3) is 11.5 Å². The van der Waals surface area contributed by atoms with Gasteiger partial charge < -0.3 is 4.90 Å². The molecular weight excluding hydrogens is 349 g/mol. The van der Waals surface area contributed by atoms with E-state index >= 15 is 0 Å². The molecule has 7 nitrogen and oxygen atoms in total. The molecule has 0 aliphatic carbocycles. The Morgan fingerprint density at radius 1 is 1.22 bits per heavy atom. The van der Waals surface area contributed by atoms with Crippen LogP contribution < -0.4 is 5.56 Å². The minimum Gasteiger partial charge on any atom is -0.337 e. The fraction of sp³-hybridized carbons (Fsp3) is 0.316. The molecule has 1 fully saturated rings. The summed E-state index contributed by atoms with van der Waals surface area (Å²) in [5.41, 5.74) is 1.28. The van der Waals surface area contributed by atoms with Crippen LogP contribution in [0.1, 0.15) is 34.9 Å². The summed E-state index contributed by atoms with van der Waals surface area (Å²) in [5, 5.41) is 6.98. The van der Waals surface area contributed by atoms with Gasteiger partial charge in [-0.3, -0.25) is 19.4 Å². The van der Waals surface area contributed by atoms with Crippen LogP contribution in [-0.4, -0.2) is 43.5 Å². The number of nitrogens with one attached hydrogen (secondary N) is 1. The number of para-hydroxylation sites is 1. The van der Waals surface area contributed by atoms with Gasteiger partial charge in [-0.25, -0.2) is 9.07 Å². The van der Waals surface area contributed by atoms with Crippen LogP contribution in [0.4, 0.5) is 4.39 Å². The molecule has 8 heteroatoms.